The highest BCUT2D eigenvalue weighted by Gasteiger charge is 2.24. The Bertz CT molecular complexity index is 978. The Hall–Kier alpha value is -3.02. The summed E-state index contributed by atoms with van der Waals surface area (Å²) in [4.78, 5) is 21.7. The molecular weight excluding hydrogens is 374 g/mol. The lowest BCUT2D eigenvalue weighted by atomic mass is 9.99. The van der Waals surface area contributed by atoms with E-state index in [2.05, 4.69) is 58.3 Å². The predicted octanol–water partition coefficient (Wildman–Crippen LogP) is 4.55. The molecule has 0 aliphatic carbocycles. The van der Waals surface area contributed by atoms with Gasteiger partial charge in [-0.25, -0.2) is 0 Å². The van der Waals surface area contributed by atoms with Gasteiger partial charge in [-0.15, -0.1) is 0 Å². The number of H-pyrrole nitrogens is 1. The summed E-state index contributed by atoms with van der Waals surface area (Å²) in [7, 11) is 0. The molecule has 0 radical (unpaired) electrons. The number of aromatic amines is 1. The summed E-state index contributed by atoms with van der Waals surface area (Å²) in [5, 5.41) is 6.99. The van der Waals surface area contributed by atoms with Crippen LogP contribution in [0.25, 0.3) is 11.1 Å². The topological polar surface area (TPSA) is 74.8 Å². The maximum Gasteiger partial charge on any atom is 0.209 e. The SMILES string of the molecule is Cc1cc(C(C)C)n[nH]1.Cc1ccc(-c2cc(C)nc(C3CCN(C=O)C3)c2)cn1. The summed E-state index contributed by atoms with van der Waals surface area (Å²) in [5.74, 6) is 0.877. The fraction of sp³-hybridized carbons (Fsp3) is 0.417. The van der Waals surface area contributed by atoms with Crippen molar-refractivity contribution in [1.82, 2.24) is 25.1 Å². The number of nitrogens with one attached hydrogen (secondary N) is 1. The molecule has 158 valence electrons. The zero-order valence-corrected chi connectivity index (χ0v) is 18.5. The first-order chi connectivity index (χ1) is 14.4. The molecule has 1 aliphatic rings. The highest BCUT2D eigenvalue weighted by Crippen LogP contribution is 2.29. The van der Waals surface area contributed by atoms with Crippen molar-refractivity contribution in [1.29, 1.82) is 0 Å². The van der Waals surface area contributed by atoms with E-state index in [4.69, 9.17) is 0 Å². The van der Waals surface area contributed by atoms with Crippen molar-refractivity contribution in [2.24, 2.45) is 0 Å². The Morgan fingerprint density at radius 2 is 1.90 bits per heavy atom. The van der Waals surface area contributed by atoms with Gasteiger partial charge in [0.1, 0.15) is 0 Å². The molecule has 0 aromatic carbocycles. The zero-order valence-electron chi connectivity index (χ0n) is 18.5. The van der Waals surface area contributed by atoms with Gasteiger partial charge in [-0.2, -0.15) is 5.10 Å². The number of hydrogen-bond donors (Lipinski definition) is 1. The van der Waals surface area contributed by atoms with Crippen molar-refractivity contribution in [2.45, 2.75) is 52.9 Å². The maximum atomic E-state index is 10.9. The molecule has 0 bridgehead atoms. The highest BCUT2D eigenvalue weighted by molar-refractivity contribution is 5.63. The summed E-state index contributed by atoms with van der Waals surface area (Å²) < 4.78 is 0. The van der Waals surface area contributed by atoms with E-state index >= 15 is 0 Å². The smallest absolute Gasteiger partial charge is 0.209 e. The van der Waals surface area contributed by atoms with E-state index in [0.717, 1.165) is 65.5 Å². The van der Waals surface area contributed by atoms with Crippen molar-refractivity contribution < 1.29 is 4.79 Å². The molecule has 1 unspecified atom stereocenters. The summed E-state index contributed by atoms with van der Waals surface area (Å²) in [6.07, 6.45) is 3.82. The molecular formula is C24H31N5O. The number of carbonyl (C=O) groups is 1. The third kappa shape index (κ3) is 5.53. The minimum atomic E-state index is 0.340. The number of rotatable bonds is 4. The van der Waals surface area contributed by atoms with E-state index in [1.165, 1.54) is 0 Å². The van der Waals surface area contributed by atoms with Crippen LogP contribution in [-0.2, 0) is 4.79 Å². The normalized spacial score (nSPS) is 15.8. The monoisotopic (exact) mass is 405 g/mol. The van der Waals surface area contributed by atoms with Crippen LogP contribution >= 0.6 is 0 Å². The Kier molecular flexibility index (Phi) is 6.98. The standard InChI is InChI=1S/C17H19N3O.C7H12N2/c1-12-3-4-14(9-18-12)16-7-13(2)19-17(8-16)15-5-6-20(10-15)11-21;1-5(2)7-4-6(3)8-9-7/h3-4,7-9,11,15H,5-6,10H2,1-2H3;4-5H,1-3H3,(H,8,9). The molecule has 0 spiro atoms. The number of amides is 1. The van der Waals surface area contributed by atoms with Crippen LogP contribution in [0.3, 0.4) is 0 Å². The minimum absolute atomic E-state index is 0.340. The van der Waals surface area contributed by atoms with Gasteiger partial charge >= 0.3 is 0 Å². The molecule has 1 amide bonds. The first-order valence-corrected chi connectivity index (χ1v) is 10.5. The fourth-order valence-corrected chi connectivity index (χ4v) is 3.57. The minimum Gasteiger partial charge on any atom is -0.345 e. The van der Waals surface area contributed by atoms with Crippen molar-refractivity contribution in [3.63, 3.8) is 0 Å². The van der Waals surface area contributed by atoms with Crippen LogP contribution in [0.4, 0.5) is 0 Å². The highest BCUT2D eigenvalue weighted by atomic mass is 16.1. The van der Waals surface area contributed by atoms with Gasteiger partial charge in [0, 0.05) is 53.5 Å². The first kappa shape index (κ1) is 21.7. The van der Waals surface area contributed by atoms with Gasteiger partial charge in [-0.1, -0.05) is 19.9 Å². The molecule has 1 saturated heterocycles. The molecule has 30 heavy (non-hydrogen) atoms. The number of likely N-dealkylation sites (tertiary alicyclic amines) is 1. The van der Waals surface area contributed by atoms with Crippen molar-refractivity contribution in [3.05, 3.63) is 65.0 Å². The van der Waals surface area contributed by atoms with E-state index < -0.39 is 0 Å². The van der Waals surface area contributed by atoms with E-state index in [-0.39, 0.29) is 0 Å². The molecule has 6 nitrogen and oxygen atoms in total. The Balaban J connectivity index is 0.000000239. The van der Waals surface area contributed by atoms with E-state index in [9.17, 15) is 4.79 Å². The van der Waals surface area contributed by atoms with Gasteiger partial charge in [0.2, 0.25) is 6.41 Å². The van der Waals surface area contributed by atoms with Crippen molar-refractivity contribution >= 4 is 6.41 Å². The van der Waals surface area contributed by atoms with Crippen LogP contribution in [0.2, 0.25) is 0 Å². The number of hydrogen-bond acceptors (Lipinski definition) is 4. The molecule has 4 rings (SSSR count). The van der Waals surface area contributed by atoms with Gasteiger partial charge in [-0.05, 0) is 62.9 Å². The molecule has 6 heteroatoms. The lowest BCUT2D eigenvalue weighted by Crippen LogP contribution is -2.17. The Morgan fingerprint density at radius 3 is 2.43 bits per heavy atom. The average Bonchev–Trinajstić information content (AvgIpc) is 3.38. The third-order valence-corrected chi connectivity index (χ3v) is 5.32. The Morgan fingerprint density at radius 1 is 1.10 bits per heavy atom. The van der Waals surface area contributed by atoms with E-state index in [0.29, 0.717) is 11.8 Å². The second kappa shape index (κ2) is 9.65. The van der Waals surface area contributed by atoms with Gasteiger partial charge in [-0.3, -0.25) is 19.9 Å². The number of aromatic nitrogens is 4. The van der Waals surface area contributed by atoms with Crippen molar-refractivity contribution in [2.75, 3.05) is 13.1 Å². The zero-order chi connectivity index (χ0) is 21.7. The van der Waals surface area contributed by atoms with E-state index in [1.807, 2.05) is 37.9 Å². The number of pyridine rings is 2. The first-order valence-electron chi connectivity index (χ1n) is 10.5. The van der Waals surface area contributed by atoms with Crippen LogP contribution < -0.4 is 0 Å². The molecule has 3 aromatic rings. The van der Waals surface area contributed by atoms with Gasteiger partial charge in [0.25, 0.3) is 0 Å². The Labute approximate surface area is 178 Å². The molecule has 1 atom stereocenters. The third-order valence-electron chi connectivity index (χ3n) is 5.32. The van der Waals surface area contributed by atoms with Crippen molar-refractivity contribution in [3.8, 4) is 11.1 Å². The van der Waals surface area contributed by atoms with Crippen LogP contribution in [0.5, 0.6) is 0 Å². The summed E-state index contributed by atoms with van der Waals surface area (Å²) in [5.41, 5.74) is 7.64. The van der Waals surface area contributed by atoms with Gasteiger partial charge in [0.15, 0.2) is 0 Å². The molecule has 1 N–H and O–H groups in total. The lowest BCUT2D eigenvalue weighted by Gasteiger charge is -2.13. The molecule has 3 aromatic heterocycles. The number of carbonyl (C=O) groups excluding carboxylic acids is 1. The van der Waals surface area contributed by atoms with E-state index in [1.54, 1.807) is 0 Å². The average molecular weight is 406 g/mol. The van der Waals surface area contributed by atoms with Gasteiger partial charge < -0.3 is 4.90 Å². The fourth-order valence-electron chi connectivity index (χ4n) is 3.57. The summed E-state index contributed by atoms with van der Waals surface area (Å²) in [6.45, 7) is 11.9. The van der Waals surface area contributed by atoms with Crippen LogP contribution in [-0.4, -0.2) is 44.6 Å². The number of aryl methyl sites for hydroxylation is 3. The van der Waals surface area contributed by atoms with Crippen LogP contribution in [0.1, 0.15) is 60.6 Å². The lowest BCUT2D eigenvalue weighted by molar-refractivity contribution is -0.117. The summed E-state index contributed by atoms with van der Waals surface area (Å²) in [6, 6.07) is 10.4. The number of nitrogens with zero attached hydrogens (tertiary/aromatic N) is 4. The maximum absolute atomic E-state index is 10.9. The van der Waals surface area contributed by atoms with Gasteiger partial charge in [0.05, 0.1) is 5.69 Å². The quantitative estimate of drug-likeness (QED) is 0.646. The summed E-state index contributed by atoms with van der Waals surface area (Å²) >= 11 is 0. The van der Waals surface area contributed by atoms with Crippen LogP contribution in [0, 0.1) is 20.8 Å². The van der Waals surface area contributed by atoms with Crippen LogP contribution in [0.15, 0.2) is 36.5 Å². The second-order valence-electron chi connectivity index (χ2n) is 8.33. The predicted molar refractivity (Wildman–Crippen MR) is 119 cm³/mol. The largest absolute Gasteiger partial charge is 0.345 e. The molecule has 4 heterocycles. The molecule has 1 aliphatic heterocycles. The molecule has 0 saturated carbocycles. The molecule has 1 fully saturated rings. The second-order valence-corrected chi connectivity index (χ2v) is 8.33.